The van der Waals surface area contributed by atoms with Crippen molar-refractivity contribution in [2.75, 3.05) is 59.0 Å². The fourth-order valence-electron chi connectivity index (χ4n) is 3.19. The van der Waals surface area contributed by atoms with Gasteiger partial charge in [0.2, 0.25) is 15.9 Å². The maximum Gasteiger partial charge on any atom is 0.416 e. The summed E-state index contributed by atoms with van der Waals surface area (Å²) in [7, 11) is -3.90. The van der Waals surface area contributed by atoms with Crippen molar-refractivity contribution < 1.29 is 31.1 Å². The number of hydrogen-bond acceptors (Lipinski definition) is 5. The van der Waals surface area contributed by atoms with Gasteiger partial charge in [-0.05, 0) is 24.3 Å². The van der Waals surface area contributed by atoms with E-state index in [2.05, 4.69) is 0 Å². The minimum Gasteiger partial charge on any atom is -0.379 e. The van der Waals surface area contributed by atoms with Crippen LogP contribution in [0, 0.1) is 0 Å². The maximum atomic E-state index is 12.7. The molecule has 156 valence electrons. The molecule has 0 radical (unpaired) electrons. The highest BCUT2D eigenvalue weighted by atomic mass is 32.2. The summed E-state index contributed by atoms with van der Waals surface area (Å²) in [6, 6.07) is 3.45. The van der Waals surface area contributed by atoms with Gasteiger partial charge in [-0.1, -0.05) is 0 Å². The summed E-state index contributed by atoms with van der Waals surface area (Å²) in [4.78, 5) is 15.8. The third kappa shape index (κ3) is 4.83. The number of carbonyl (C=O) groups excluding carboxylic acids is 1. The average Bonchev–Trinajstić information content (AvgIpc) is 2.68. The number of alkyl halides is 3. The molecule has 1 aromatic carbocycles. The zero-order chi connectivity index (χ0) is 20.4. The molecule has 0 spiro atoms. The molecule has 0 saturated carbocycles. The van der Waals surface area contributed by atoms with E-state index in [1.165, 1.54) is 4.31 Å². The van der Waals surface area contributed by atoms with Gasteiger partial charge in [0.05, 0.1) is 30.2 Å². The molecule has 0 aromatic heterocycles. The van der Waals surface area contributed by atoms with E-state index in [1.807, 2.05) is 4.90 Å². The largest absolute Gasteiger partial charge is 0.416 e. The van der Waals surface area contributed by atoms with E-state index < -0.39 is 21.8 Å². The number of piperazine rings is 1. The highest BCUT2D eigenvalue weighted by Gasteiger charge is 2.33. The standard InChI is InChI=1S/C17H22F3N3O4S/c18-17(19,20)14-1-3-15(4-2-14)28(25,26)23-7-5-22(6-8-23)16(24)13-21-9-11-27-12-10-21/h1-4H,5-13H2. The molecule has 0 unspecified atom stereocenters. The Morgan fingerprint density at radius 1 is 0.964 bits per heavy atom. The first-order valence-electron chi connectivity index (χ1n) is 8.93. The van der Waals surface area contributed by atoms with E-state index in [0.29, 0.717) is 26.3 Å². The van der Waals surface area contributed by atoms with Crippen LogP contribution in [-0.2, 0) is 25.7 Å². The van der Waals surface area contributed by atoms with Crippen LogP contribution >= 0.6 is 0 Å². The monoisotopic (exact) mass is 421 g/mol. The van der Waals surface area contributed by atoms with Gasteiger partial charge in [0, 0.05) is 39.3 Å². The third-order valence-corrected chi connectivity index (χ3v) is 6.79. The number of hydrogen-bond donors (Lipinski definition) is 0. The van der Waals surface area contributed by atoms with Crippen molar-refractivity contribution >= 4 is 15.9 Å². The molecule has 7 nitrogen and oxygen atoms in total. The summed E-state index contributed by atoms with van der Waals surface area (Å²) in [5, 5.41) is 0. The summed E-state index contributed by atoms with van der Waals surface area (Å²) >= 11 is 0. The molecule has 2 aliphatic heterocycles. The van der Waals surface area contributed by atoms with Crippen molar-refractivity contribution in [2.24, 2.45) is 0 Å². The Labute approximate surface area is 161 Å². The van der Waals surface area contributed by atoms with Gasteiger partial charge >= 0.3 is 6.18 Å². The van der Waals surface area contributed by atoms with E-state index in [4.69, 9.17) is 4.74 Å². The number of amides is 1. The second kappa shape index (κ2) is 8.36. The fourth-order valence-corrected chi connectivity index (χ4v) is 4.62. The predicted octanol–water partition coefficient (Wildman–Crippen LogP) is 0.870. The minimum atomic E-state index is -4.52. The van der Waals surface area contributed by atoms with E-state index in [0.717, 1.165) is 24.3 Å². The molecule has 3 rings (SSSR count). The first-order chi connectivity index (χ1) is 13.2. The lowest BCUT2D eigenvalue weighted by atomic mass is 10.2. The molecule has 28 heavy (non-hydrogen) atoms. The number of carbonyl (C=O) groups is 1. The number of rotatable bonds is 4. The lowest BCUT2D eigenvalue weighted by molar-refractivity contribution is -0.137. The highest BCUT2D eigenvalue weighted by Crippen LogP contribution is 2.30. The molecule has 1 aromatic rings. The molecule has 1 amide bonds. The highest BCUT2D eigenvalue weighted by molar-refractivity contribution is 7.89. The van der Waals surface area contributed by atoms with Gasteiger partial charge in [0.1, 0.15) is 0 Å². The number of morpholine rings is 1. The Kier molecular flexibility index (Phi) is 6.28. The van der Waals surface area contributed by atoms with Gasteiger partial charge < -0.3 is 9.64 Å². The summed E-state index contributed by atoms with van der Waals surface area (Å²) in [6.07, 6.45) is -4.52. The van der Waals surface area contributed by atoms with Crippen molar-refractivity contribution in [1.82, 2.24) is 14.1 Å². The van der Waals surface area contributed by atoms with Crippen LogP contribution in [0.3, 0.4) is 0 Å². The molecule has 0 atom stereocenters. The molecule has 2 fully saturated rings. The molecule has 11 heteroatoms. The van der Waals surface area contributed by atoms with Gasteiger partial charge in [-0.2, -0.15) is 17.5 Å². The van der Waals surface area contributed by atoms with Crippen LogP contribution in [0.15, 0.2) is 29.2 Å². The van der Waals surface area contributed by atoms with Gasteiger partial charge in [-0.3, -0.25) is 9.69 Å². The summed E-state index contributed by atoms with van der Waals surface area (Å²) in [6.45, 7) is 3.55. The van der Waals surface area contributed by atoms with Gasteiger partial charge in [-0.25, -0.2) is 8.42 Å². The minimum absolute atomic E-state index is 0.0616. The van der Waals surface area contributed by atoms with E-state index in [9.17, 15) is 26.4 Å². The zero-order valence-electron chi connectivity index (χ0n) is 15.2. The maximum absolute atomic E-state index is 12.7. The number of sulfonamides is 1. The second-order valence-electron chi connectivity index (χ2n) is 6.70. The van der Waals surface area contributed by atoms with Gasteiger partial charge in [-0.15, -0.1) is 0 Å². The van der Waals surface area contributed by atoms with Crippen LogP contribution in [0.25, 0.3) is 0 Å². The molecule has 0 N–H and O–H groups in total. The van der Waals surface area contributed by atoms with Crippen molar-refractivity contribution in [3.8, 4) is 0 Å². The van der Waals surface area contributed by atoms with Crippen molar-refractivity contribution in [3.05, 3.63) is 29.8 Å². The Hall–Kier alpha value is -1.69. The van der Waals surface area contributed by atoms with Gasteiger partial charge in [0.15, 0.2) is 0 Å². The molecule has 0 aliphatic carbocycles. The lowest BCUT2D eigenvalue weighted by Gasteiger charge is -2.35. The number of nitrogens with zero attached hydrogens (tertiary/aromatic N) is 3. The molecular formula is C17H22F3N3O4S. The Balaban J connectivity index is 1.58. The second-order valence-corrected chi connectivity index (χ2v) is 8.63. The number of ether oxygens (including phenoxy) is 1. The van der Waals surface area contributed by atoms with Crippen molar-refractivity contribution in [3.63, 3.8) is 0 Å². The van der Waals surface area contributed by atoms with E-state index >= 15 is 0 Å². The quantitative estimate of drug-likeness (QED) is 0.722. The average molecular weight is 421 g/mol. The Morgan fingerprint density at radius 2 is 1.54 bits per heavy atom. The smallest absolute Gasteiger partial charge is 0.379 e. The normalized spacial score (nSPS) is 20.3. The zero-order valence-corrected chi connectivity index (χ0v) is 16.0. The predicted molar refractivity (Wildman–Crippen MR) is 94.0 cm³/mol. The topological polar surface area (TPSA) is 70.2 Å². The summed E-state index contributed by atoms with van der Waals surface area (Å²) < 4.78 is 69.7. The van der Waals surface area contributed by atoms with Crippen molar-refractivity contribution in [1.29, 1.82) is 0 Å². The molecule has 2 aliphatic rings. The summed E-state index contributed by atoms with van der Waals surface area (Å²) in [5.41, 5.74) is -0.898. The Bertz CT molecular complexity index is 785. The van der Waals surface area contributed by atoms with Crippen LogP contribution < -0.4 is 0 Å². The van der Waals surface area contributed by atoms with Crippen molar-refractivity contribution in [2.45, 2.75) is 11.1 Å². The van der Waals surface area contributed by atoms with Crippen LogP contribution in [0.2, 0.25) is 0 Å². The molecule has 2 heterocycles. The molecule has 0 bridgehead atoms. The fraction of sp³-hybridized carbons (Fsp3) is 0.588. The van der Waals surface area contributed by atoms with Crippen LogP contribution in [0.1, 0.15) is 5.56 Å². The SMILES string of the molecule is O=C(CN1CCOCC1)N1CCN(S(=O)(=O)c2ccc(C(F)(F)F)cc2)CC1. The number of halogens is 3. The Morgan fingerprint density at radius 3 is 2.07 bits per heavy atom. The molecular weight excluding hydrogens is 399 g/mol. The van der Waals surface area contributed by atoms with Gasteiger partial charge in [0.25, 0.3) is 0 Å². The van der Waals surface area contributed by atoms with E-state index in [-0.39, 0.29) is 43.5 Å². The van der Waals surface area contributed by atoms with E-state index in [1.54, 1.807) is 4.90 Å². The lowest BCUT2D eigenvalue weighted by Crippen LogP contribution is -2.53. The third-order valence-electron chi connectivity index (χ3n) is 4.87. The molecule has 2 saturated heterocycles. The van der Waals surface area contributed by atoms with Crippen LogP contribution in [0.4, 0.5) is 13.2 Å². The number of benzene rings is 1. The van der Waals surface area contributed by atoms with Crippen LogP contribution in [0.5, 0.6) is 0 Å². The first-order valence-corrected chi connectivity index (χ1v) is 10.4. The van der Waals surface area contributed by atoms with Crippen LogP contribution in [-0.4, -0.2) is 87.5 Å². The summed E-state index contributed by atoms with van der Waals surface area (Å²) in [5.74, 6) is -0.0616. The first kappa shape index (κ1) is 21.0.